The number of carbonyl (C=O) groups excluding carboxylic acids is 1. The molecule has 1 rings (SSSR count). The number of amides is 2. The molecule has 1 heterocycles. The molecule has 7 nitrogen and oxygen atoms in total. The summed E-state index contributed by atoms with van der Waals surface area (Å²) in [5.74, 6) is -1.07. The summed E-state index contributed by atoms with van der Waals surface area (Å²) in [6, 6.07) is -0.638. The van der Waals surface area contributed by atoms with E-state index >= 15 is 0 Å². The molecule has 112 valence electrons. The summed E-state index contributed by atoms with van der Waals surface area (Å²) in [6.45, 7) is 5.47. The number of urea groups is 1. The van der Waals surface area contributed by atoms with Crippen molar-refractivity contribution in [1.82, 2.24) is 15.6 Å². The van der Waals surface area contributed by atoms with Crippen LogP contribution in [0, 0.1) is 0 Å². The number of rotatable bonds is 8. The normalized spacial score (nSPS) is 11.9. The number of hydrogen-bond donors (Lipinski definition) is 3. The second kappa shape index (κ2) is 8.49. The number of hydrogen-bond acceptors (Lipinski definition) is 5. The van der Waals surface area contributed by atoms with E-state index in [4.69, 9.17) is 9.84 Å². The van der Waals surface area contributed by atoms with Crippen molar-refractivity contribution in [2.45, 2.75) is 26.3 Å². The fraction of sp³-hybridized carbons (Fsp3) is 0.583. The Labute approximate surface area is 121 Å². The Hall–Kier alpha value is -1.67. The molecule has 1 unspecified atom stereocenters. The van der Waals surface area contributed by atoms with Gasteiger partial charge in [0.05, 0.1) is 6.04 Å². The van der Waals surface area contributed by atoms with Crippen LogP contribution in [0.4, 0.5) is 4.79 Å². The molecule has 0 aromatic carbocycles. The molecule has 1 atom stereocenters. The van der Waals surface area contributed by atoms with Crippen molar-refractivity contribution in [3.8, 4) is 0 Å². The van der Waals surface area contributed by atoms with Gasteiger partial charge in [0, 0.05) is 25.1 Å². The van der Waals surface area contributed by atoms with Gasteiger partial charge in [-0.15, -0.1) is 11.3 Å². The number of nitrogens with zero attached hydrogens (tertiary/aromatic N) is 1. The minimum absolute atomic E-state index is 0.00391. The van der Waals surface area contributed by atoms with Gasteiger partial charge in [-0.3, -0.25) is 0 Å². The van der Waals surface area contributed by atoms with Gasteiger partial charge in [-0.1, -0.05) is 0 Å². The molecule has 0 aliphatic rings. The van der Waals surface area contributed by atoms with E-state index in [0.29, 0.717) is 24.8 Å². The molecule has 2 amide bonds. The lowest BCUT2D eigenvalue weighted by molar-refractivity contribution is 0.0691. The lowest BCUT2D eigenvalue weighted by atomic mass is 10.3. The highest BCUT2D eigenvalue weighted by Crippen LogP contribution is 2.17. The van der Waals surface area contributed by atoms with Gasteiger partial charge in [0.2, 0.25) is 0 Å². The van der Waals surface area contributed by atoms with Crippen LogP contribution in [0.1, 0.15) is 41.8 Å². The Bertz CT molecular complexity index is 450. The highest BCUT2D eigenvalue weighted by Gasteiger charge is 2.15. The standard InChI is InChI=1S/C12H19N3O4S/c1-3-19-6-4-5-13-12(18)14-8(2)10-15-9(7-20-10)11(16)17/h7-8H,3-6H2,1-2H3,(H,16,17)(H2,13,14,18). The highest BCUT2D eigenvalue weighted by molar-refractivity contribution is 7.09. The van der Waals surface area contributed by atoms with Crippen LogP contribution in [-0.4, -0.2) is 41.8 Å². The molecule has 0 bridgehead atoms. The first-order valence-electron chi connectivity index (χ1n) is 6.35. The smallest absolute Gasteiger partial charge is 0.355 e. The van der Waals surface area contributed by atoms with Crippen molar-refractivity contribution in [3.05, 3.63) is 16.1 Å². The summed E-state index contributed by atoms with van der Waals surface area (Å²) >= 11 is 1.21. The molecule has 0 aliphatic heterocycles. The third kappa shape index (κ3) is 5.54. The third-order valence-corrected chi connectivity index (χ3v) is 3.44. The maximum atomic E-state index is 11.6. The first-order chi connectivity index (χ1) is 9.54. The van der Waals surface area contributed by atoms with E-state index in [1.165, 1.54) is 16.7 Å². The van der Waals surface area contributed by atoms with Crippen LogP contribution in [-0.2, 0) is 4.74 Å². The van der Waals surface area contributed by atoms with Gasteiger partial charge < -0.3 is 20.5 Å². The van der Waals surface area contributed by atoms with E-state index in [9.17, 15) is 9.59 Å². The molecule has 0 saturated carbocycles. The fourth-order valence-corrected chi connectivity index (χ4v) is 2.21. The zero-order valence-corrected chi connectivity index (χ0v) is 12.3. The van der Waals surface area contributed by atoms with Gasteiger partial charge in [0.1, 0.15) is 5.01 Å². The molecule has 3 N–H and O–H groups in total. The Balaban J connectivity index is 2.31. The van der Waals surface area contributed by atoms with Crippen LogP contribution in [0.25, 0.3) is 0 Å². The Kier molecular flexibility index (Phi) is 6.96. The summed E-state index contributed by atoms with van der Waals surface area (Å²) in [7, 11) is 0. The number of aromatic carboxylic acids is 1. The zero-order valence-electron chi connectivity index (χ0n) is 11.5. The SMILES string of the molecule is CCOCCCNC(=O)NC(C)c1nc(C(=O)O)cs1. The van der Waals surface area contributed by atoms with E-state index in [1.54, 1.807) is 6.92 Å². The predicted octanol–water partition coefficient (Wildman–Crippen LogP) is 1.63. The van der Waals surface area contributed by atoms with Crippen molar-refractivity contribution in [2.75, 3.05) is 19.8 Å². The van der Waals surface area contributed by atoms with E-state index in [0.717, 1.165) is 6.42 Å². The minimum atomic E-state index is -1.07. The van der Waals surface area contributed by atoms with Crippen molar-refractivity contribution < 1.29 is 19.4 Å². The minimum Gasteiger partial charge on any atom is -0.476 e. The molecule has 8 heteroatoms. The Morgan fingerprint density at radius 2 is 2.30 bits per heavy atom. The first kappa shape index (κ1) is 16.4. The van der Waals surface area contributed by atoms with E-state index < -0.39 is 5.97 Å². The summed E-state index contributed by atoms with van der Waals surface area (Å²) in [5.41, 5.74) is -0.00391. The first-order valence-corrected chi connectivity index (χ1v) is 7.23. The van der Waals surface area contributed by atoms with Crippen molar-refractivity contribution in [1.29, 1.82) is 0 Å². The summed E-state index contributed by atoms with van der Waals surface area (Å²) in [5, 5.41) is 16.2. The molecule has 20 heavy (non-hydrogen) atoms. The number of carbonyl (C=O) groups is 2. The molecular formula is C12H19N3O4S. The predicted molar refractivity (Wildman–Crippen MR) is 75.1 cm³/mol. The molecular weight excluding hydrogens is 282 g/mol. The van der Waals surface area contributed by atoms with E-state index in [1.807, 2.05) is 6.92 Å². The summed E-state index contributed by atoms with van der Waals surface area (Å²) < 4.78 is 5.16. The Morgan fingerprint density at radius 3 is 2.90 bits per heavy atom. The molecule has 0 radical (unpaired) electrons. The van der Waals surface area contributed by atoms with Crippen LogP contribution in [0.15, 0.2) is 5.38 Å². The highest BCUT2D eigenvalue weighted by atomic mass is 32.1. The zero-order chi connectivity index (χ0) is 15.0. The number of thiazole rings is 1. The lowest BCUT2D eigenvalue weighted by Crippen LogP contribution is -2.37. The van der Waals surface area contributed by atoms with Crippen LogP contribution >= 0.6 is 11.3 Å². The van der Waals surface area contributed by atoms with Gasteiger partial charge >= 0.3 is 12.0 Å². The van der Waals surface area contributed by atoms with Gasteiger partial charge in [-0.25, -0.2) is 14.6 Å². The second-order valence-electron chi connectivity index (χ2n) is 4.05. The van der Waals surface area contributed by atoms with Crippen molar-refractivity contribution in [2.24, 2.45) is 0 Å². The monoisotopic (exact) mass is 301 g/mol. The lowest BCUT2D eigenvalue weighted by Gasteiger charge is -2.12. The molecule has 0 saturated heterocycles. The number of carboxylic acid groups (broad SMARTS) is 1. The number of carboxylic acids is 1. The Morgan fingerprint density at radius 1 is 1.55 bits per heavy atom. The maximum absolute atomic E-state index is 11.6. The molecule has 0 fully saturated rings. The van der Waals surface area contributed by atoms with E-state index in [-0.39, 0.29) is 17.8 Å². The van der Waals surface area contributed by atoms with Gasteiger partial charge in [-0.2, -0.15) is 0 Å². The van der Waals surface area contributed by atoms with Crippen molar-refractivity contribution >= 4 is 23.3 Å². The average Bonchev–Trinajstić information content (AvgIpc) is 2.88. The van der Waals surface area contributed by atoms with Gasteiger partial charge in [-0.05, 0) is 20.3 Å². The van der Waals surface area contributed by atoms with Crippen LogP contribution in [0.5, 0.6) is 0 Å². The van der Waals surface area contributed by atoms with Crippen LogP contribution in [0.2, 0.25) is 0 Å². The largest absolute Gasteiger partial charge is 0.476 e. The summed E-state index contributed by atoms with van der Waals surface area (Å²) in [4.78, 5) is 26.3. The summed E-state index contributed by atoms with van der Waals surface area (Å²) in [6.07, 6.45) is 0.746. The van der Waals surface area contributed by atoms with E-state index in [2.05, 4.69) is 15.6 Å². The molecule has 0 aliphatic carbocycles. The van der Waals surface area contributed by atoms with Crippen molar-refractivity contribution in [3.63, 3.8) is 0 Å². The van der Waals surface area contributed by atoms with Gasteiger partial charge in [0.15, 0.2) is 5.69 Å². The second-order valence-corrected chi connectivity index (χ2v) is 4.94. The average molecular weight is 301 g/mol. The molecule has 0 spiro atoms. The number of nitrogens with one attached hydrogen (secondary N) is 2. The third-order valence-electron chi connectivity index (χ3n) is 2.41. The quantitative estimate of drug-likeness (QED) is 0.634. The number of ether oxygens (including phenoxy) is 1. The van der Waals surface area contributed by atoms with Crippen LogP contribution in [0.3, 0.4) is 0 Å². The van der Waals surface area contributed by atoms with Gasteiger partial charge in [0.25, 0.3) is 0 Å². The fourth-order valence-electron chi connectivity index (χ4n) is 1.41. The maximum Gasteiger partial charge on any atom is 0.355 e. The molecule has 1 aromatic heterocycles. The number of aromatic nitrogens is 1. The van der Waals surface area contributed by atoms with Crippen LogP contribution < -0.4 is 10.6 Å². The topological polar surface area (TPSA) is 101 Å². The molecule has 1 aromatic rings.